The maximum atomic E-state index is 12.7. The molecule has 132 valence electrons. The Morgan fingerprint density at radius 2 is 1.64 bits per heavy atom. The maximum absolute atomic E-state index is 12.7. The summed E-state index contributed by atoms with van der Waals surface area (Å²) in [5.74, 6) is -1.58. The molecule has 0 aromatic heterocycles. The van der Waals surface area contributed by atoms with Gasteiger partial charge < -0.3 is 15.2 Å². The van der Waals surface area contributed by atoms with Crippen molar-refractivity contribution in [3.63, 3.8) is 0 Å². The van der Waals surface area contributed by atoms with Gasteiger partial charge in [0, 0.05) is 6.61 Å². The predicted octanol–water partition coefficient (Wildman–Crippen LogP) is 3.32. The van der Waals surface area contributed by atoms with Crippen molar-refractivity contribution in [2.45, 2.75) is 32.9 Å². The first-order valence-electron chi connectivity index (χ1n) is 8.20. The van der Waals surface area contributed by atoms with Crippen molar-refractivity contribution in [1.82, 2.24) is 5.32 Å². The number of aryl methyl sites for hydroxylation is 2. The number of benzene rings is 2. The van der Waals surface area contributed by atoms with E-state index >= 15 is 0 Å². The summed E-state index contributed by atoms with van der Waals surface area (Å²) in [6, 6.07) is 13.4. The summed E-state index contributed by atoms with van der Waals surface area (Å²) in [5.41, 5.74) is 3.12. The van der Waals surface area contributed by atoms with Gasteiger partial charge in [0.15, 0.2) is 12.1 Å². The van der Waals surface area contributed by atoms with Crippen LogP contribution in [0.1, 0.15) is 41.3 Å². The van der Waals surface area contributed by atoms with Gasteiger partial charge in [-0.2, -0.15) is 0 Å². The Bertz CT molecular complexity index is 722. The van der Waals surface area contributed by atoms with E-state index in [1.807, 2.05) is 38.1 Å². The molecule has 0 fully saturated rings. The topological polar surface area (TPSA) is 75.6 Å². The lowest BCUT2D eigenvalue weighted by Gasteiger charge is -2.21. The van der Waals surface area contributed by atoms with Crippen molar-refractivity contribution in [2.24, 2.45) is 0 Å². The zero-order chi connectivity index (χ0) is 18.4. The molecule has 2 rings (SSSR count). The molecule has 2 aromatic rings. The summed E-state index contributed by atoms with van der Waals surface area (Å²) >= 11 is 0. The van der Waals surface area contributed by atoms with Crippen LogP contribution in [0, 0.1) is 13.8 Å². The SMILES string of the molecule is CCOC(C(=O)NC(C(=O)O)c1cc(C)cc(C)c1)c1ccccc1. The third kappa shape index (κ3) is 4.90. The zero-order valence-corrected chi connectivity index (χ0v) is 14.7. The van der Waals surface area contributed by atoms with Gasteiger partial charge in [0.1, 0.15) is 0 Å². The van der Waals surface area contributed by atoms with Gasteiger partial charge in [-0.15, -0.1) is 0 Å². The second kappa shape index (κ2) is 8.44. The molecule has 25 heavy (non-hydrogen) atoms. The molecular formula is C20H23NO4. The molecule has 2 unspecified atom stereocenters. The molecule has 0 aliphatic heterocycles. The fourth-order valence-electron chi connectivity index (χ4n) is 2.80. The molecule has 2 aromatic carbocycles. The monoisotopic (exact) mass is 341 g/mol. The van der Waals surface area contributed by atoms with Crippen LogP contribution in [0.15, 0.2) is 48.5 Å². The highest BCUT2D eigenvalue weighted by atomic mass is 16.5. The van der Waals surface area contributed by atoms with Crippen molar-refractivity contribution >= 4 is 11.9 Å². The van der Waals surface area contributed by atoms with E-state index in [0.717, 1.165) is 11.1 Å². The van der Waals surface area contributed by atoms with Crippen LogP contribution in [0.4, 0.5) is 0 Å². The highest BCUT2D eigenvalue weighted by molar-refractivity contribution is 5.87. The number of carbonyl (C=O) groups is 2. The first-order chi connectivity index (χ1) is 11.9. The second-order valence-electron chi connectivity index (χ2n) is 5.95. The summed E-state index contributed by atoms with van der Waals surface area (Å²) < 4.78 is 5.55. The molecule has 5 heteroatoms. The number of ether oxygens (including phenoxy) is 1. The zero-order valence-electron chi connectivity index (χ0n) is 14.7. The van der Waals surface area contributed by atoms with E-state index in [0.29, 0.717) is 17.7 Å². The van der Waals surface area contributed by atoms with Gasteiger partial charge in [-0.25, -0.2) is 4.79 Å². The number of aliphatic carboxylic acids is 1. The number of rotatable bonds is 7. The molecule has 0 saturated heterocycles. The molecule has 2 N–H and O–H groups in total. The van der Waals surface area contributed by atoms with E-state index in [1.165, 1.54) is 0 Å². The minimum atomic E-state index is -1.13. The quantitative estimate of drug-likeness (QED) is 0.810. The van der Waals surface area contributed by atoms with Crippen LogP contribution >= 0.6 is 0 Å². The van der Waals surface area contributed by atoms with E-state index in [1.54, 1.807) is 31.2 Å². The third-order valence-electron chi connectivity index (χ3n) is 3.78. The van der Waals surface area contributed by atoms with Crippen molar-refractivity contribution in [3.05, 3.63) is 70.8 Å². The van der Waals surface area contributed by atoms with Gasteiger partial charge in [-0.05, 0) is 31.9 Å². The van der Waals surface area contributed by atoms with Crippen molar-refractivity contribution in [3.8, 4) is 0 Å². The molecule has 0 aliphatic carbocycles. The molecule has 0 heterocycles. The summed E-state index contributed by atoms with van der Waals surface area (Å²) in [6.07, 6.45) is -0.848. The van der Waals surface area contributed by atoms with Crippen LogP contribution in [0.3, 0.4) is 0 Å². The van der Waals surface area contributed by atoms with Gasteiger partial charge >= 0.3 is 5.97 Å². The summed E-state index contributed by atoms with van der Waals surface area (Å²) in [4.78, 5) is 24.4. The number of carbonyl (C=O) groups excluding carboxylic acids is 1. The van der Waals surface area contributed by atoms with E-state index < -0.39 is 24.0 Å². The molecule has 0 saturated carbocycles. The van der Waals surface area contributed by atoms with E-state index in [2.05, 4.69) is 5.32 Å². The Balaban J connectivity index is 2.28. The average molecular weight is 341 g/mol. The molecule has 1 amide bonds. The van der Waals surface area contributed by atoms with E-state index in [9.17, 15) is 14.7 Å². The molecule has 0 bridgehead atoms. The Kier molecular flexibility index (Phi) is 6.31. The van der Waals surface area contributed by atoms with Gasteiger partial charge in [0.2, 0.25) is 0 Å². The van der Waals surface area contributed by atoms with Gasteiger partial charge in [0.05, 0.1) is 0 Å². The van der Waals surface area contributed by atoms with E-state index in [-0.39, 0.29) is 0 Å². The van der Waals surface area contributed by atoms with Crippen LogP contribution in [0.5, 0.6) is 0 Å². The molecule has 0 aliphatic rings. The fourth-order valence-corrected chi connectivity index (χ4v) is 2.80. The lowest BCUT2D eigenvalue weighted by Crippen LogP contribution is -2.37. The van der Waals surface area contributed by atoms with Crippen LogP contribution in [0.2, 0.25) is 0 Å². The van der Waals surface area contributed by atoms with Crippen molar-refractivity contribution < 1.29 is 19.4 Å². The molecule has 0 radical (unpaired) electrons. The lowest BCUT2D eigenvalue weighted by atomic mass is 10.0. The Morgan fingerprint density at radius 1 is 1.04 bits per heavy atom. The molecule has 0 spiro atoms. The Labute approximate surface area is 147 Å². The average Bonchev–Trinajstić information content (AvgIpc) is 2.57. The highest BCUT2D eigenvalue weighted by Gasteiger charge is 2.28. The molecular weight excluding hydrogens is 318 g/mol. The summed E-state index contributed by atoms with van der Waals surface area (Å²) in [5, 5.41) is 12.2. The fraction of sp³-hybridized carbons (Fsp3) is 0.300. The summed E-state index contributed by atoms with van der Waals surface area (Å²) in [6.45, 7) is 5.92. The number of amides is 1. The largest absolute Gasteiger partial charge is 0.479 e. The number of hydrogen-bond acceptors (Lipinski definition) is 3. The van der Waals surface area contributed by atoms with Gasteiger partial charge in [-0.1, -0.05) is 59.7 Å². The third-order valence-corrected chi connectivity index (χ3v) is 3.78. The second-order valence-corrected chi connectivity index (χ2v) is 5.95. The Hall–Kier alpha value is -2.66. The van der Waals surface area contributed by atoms with Crippen molar-refractivity contribution in [2.75, 3.05) is 6.61 Å². The standard InChI is InChI=1S/C20H23NO4/c1-4-25-18(15-8-6-5-7-9-15)19(22)21-17(20(23)24)16-11-13(2)10-14(3)12-16/h5-12,17-18H,4H2,1-3H3,(H,21,22)(H,23,24). The van der Waals surface area contributed by atoms with Crippen LogP contribution in [0.25, 0.3) is 0 Å². The predicted molar refractivity (Wildman–Crippen MR) is 95.2 cm³/mol. The lowest BCUT2D eigenvalue weighted by molar-refractivity contribution is -0.144. The van der Waals surface area contributed by atoms with Gasteiger partial charge in [-0.3, -0.25) is 4.79 Å². The van der Waals surface area contributed by atoms with Crippen LogP contribution in [-0.4, -0.2) is 23.6 Å². The van der Waals surface area contributed by atoms with Crippen LogP contribution < -0.4 is 5.32 Å². The molecule has 5 nitrogen and oxygen atoms in total. The molecule has 2 atom stereocenters. The summed E-state index contributed by atoms with van der Waals surface area (Å²) in [7, 11) is 0. The van der Waals surface area contributed by atoms with E-state index in [4.69, 9.17) is 4.74 Å². The minimum Gasteiger partial charge on any atom is -0.479 e. The Morgan fingerprint density at radius 3 is 2.16 bits per heavy atom. The van der Waals surface area contributed by atoms with Crippen LogP contribution in [-0.2, 0) is 14.3 Å². The number of carboxylic acids is 1. The number of hydrogen-bond donors (Lipinski definition) is 2. The first kappa shape index (κ1) is 18.7. The maximum Gasteiger partial charge on any atom is 0.330 e. The smallest absolute Gasteiger partial charge is 0.330 e. The van der Waals surface area contributed by atoms with Gasteiger partial charge in [0.25, 0.3) is 5.91 Å². The normalized spacial score (nSPS) is 13.1. The highest BCUT2D eigenvalue weighted by Crippen LogP contribution is 2.22. The minimum absolute atomic E-state index is 0.342. The number of carboxylic acid groups (broad SMARTS) is 1. The number of nitrogens with one attached hydrogen (secondary N) is 1. The van der Waals surface area contributed by atoms with Crippen molar-refractivity contribution in [1.29, 1.82) is 0 Å². The first-order valence-corrected chi connectivity index (χ1v) is 8.20.